The summed E-state index contributed by atoms with van der Waals surface area (Å²) in [5.41, 5.74) is 6.87. The first-order chi connectivity index (χ1) is 22.8. The molecule has 0 radical (unpaired) electrons. The van der Waals surface area contributed by atoms with Gasteiger partial charge in [-0.15, -0.1) is 0 Å². The lowest BCUT2D eigenvalue weighted by Crippen LogP contribution is -2.14. The molecular weight excluding hydrogens is 720 g/mol. The Morgan fingerprint density at radius 3 is 1.91 bits per heavy atom. The molecule has 228 valence electrons. The molecule has 9 heteroatoms. The van der Waals surface area contributed by atoms with Crippen LogP contribution in [0.5, 0.6) is 5.75 Å². The van der Waals surface area contributed by atoms with Crippen molar-refractivity contribution in [2.75, 3.05) is 5.32 Å². The van der Waals surface area contributed by atoms with Gasteiger partial charge in [0, 0.05) is 20.1 Å². The Bertz CT molecular complexity index is 2190. The normalized spacial score (nSPS) is 11.1. The van der Waals surface area contributed by atoms with Crippen molar-refractivity contribution in [2.45, 2.75) is 6.92 Å². The van der Waals surface area contributed by atoms with E-state index in [4.69, 9.17) is 14.7 Å². The van der Waals surface area contributed by atoms with Crippen LogP contribution in [-0.2, 0) is 4.79 Å². The van der Waals surface area contributed by atoms with E-state index in [0.717, 1.165) is 22.4 Å². The third-order valence-corrected chi connectivity index (χ3v) is 8.44. The lowest BCUT2D eigenvalue weighted by molar-refractivity contribution is -0.112. The first-order valence-electron chi connectivity index (χ1n) is 14.4. The quantitative estimate of drug-likeness (QED) is 0.0756. The zero-order valence-corrected chi connectivity index (χ0v) is 28.0. The standard InChI is InChI=1S/C38H24Br2N4O3/c1-23-18-30(39)36(31(40)19-23)44-37(45)28(22-41)20-24-12-15-29(16-13-24)47-38(46)27-14-17-32-33(21-27)43-35(26-10-6-3-7-11-26)34(42-32)25-8-4-2-5-9-25/h2-21H,1H3,(H,44,45)/b28-20+. The monoisotopic (exact) mass is 742 g/mol. The minimum Gasteiger partial charge on any atom is -0.423 e. The second kappa shape index (κ2) is 13.9. The number of carbonyl (C=O) groups excluding carboxylic acids is 2. The van der Waals surface area contributed by atoms with Crippen molar-refractivity contribution in [1.29, 1.82) is 5.26 Å². The number of ether oxygens (including phenoxy) is 1. The van der Waals surface area contributed by atoms with Crippen LogP contribution in [0.3, 0.4) is 0 Å². The highest BCUT2D eigenvalue weighted by Gasteiger charge is 2.17. The van der Waals surface area contributed by atoms with Crippen LogP contribution in [0.4, 0.5) is 5.69 Å². The fourth-order valence-corrected chi connectivity index (χ4v) is 6.50. The molecule has 0 aliphatic heterocycles. The van der Waals surface area contributed by atoms with E-state index in [-0.39, 0.29) is 5.57 Å². The number of rotatable bonds is 7. The fraction of sp³-hybridized carbons (Fsp3) is 0.0263. The molecule has 0 saturated carbocycles. The van der Waals surface area contributed by atoms with E-state index in [2.05, 4.69) is 37.2 Å². The van der Waals surface area contributed by atoms with Gasteiger partial charge in [0.05, 0.1) is 33.7 Å². The Morgan fingerprint density at radius 1 is 0.766 bits per heavy atom. The molecule has 7 nitrogen and oxygen atoms in total. The highest BCUT2D eigenvalue weighted by Crippen LogP contribution is 2.33. The second-order valence-electron chi connectivity index (χ2n) is 10.5. The maximum atomic E-state index is 13.2. The summed E-state index contributed by atoms with van der Waals surface area (Å²) in [6.07, 6.45) is 1.47. The maximum Gasteiger partial charge on any atom is 0.343 e. The van der Waals surface area contributed by atoms with Gasteiger partial charge < -0.3 is 10.1 Å². The van der Waals surface area contributed by atoms with Gasteiger partial charge in [-0.1, -0.05) is 72.8 Å². The molecule has 1 aromatic heterocycles. The average molecular weight is 744 g/mol. The van der Waals surface area contributed by atoms with E-state index in [1.165, 1.54) is 6.08 Å². The Labute approximate surface area is 287 Å². The third-order valence-electron chi connectivity index (χ3n) is 7.19. The first kappa shape index (κ1) is 31.5. The Hall–Kier alpha value is -5.43. The second-order valence-corrected chi connectivity index (χ2v) is 12.3. The number of nitrogens with zero attached hydrogens (tertiary/aromatic N) is 3. The van der Waals surface area contributed by atoms with E-state index in [1.54, 1.807) is 42.5 Å². The van der Waals surface area contributed by atoms with Gasteiger partial charge in [-0.25, -0.2) is 14.8 Å². The SMILES string of the molecule is Cc1cc(Br)c(NC(=O)/C(C#N)=C/c2ccc(OC(=O)c3ccc4nc(-c5ccccc5)c(-c5ccccc5)nc4c3)cc2)c(Br)c1. The van der Waals surface area contributed by atoms with Crippen LogP contribution in [0, 0.1) is 18.3 Å². The summed E-state index contributed by atoms with van der Waals surface area (Å²) in [5.74, 6) is -0.811. The highest BCUT2D eigenvalue weighted by atomic mass is 79.9. The summed E-state index contributed by atoms with van der Waals surface area (Å²) >= 11 is 6.90. The highest BCUT2D eigenvalue weighted by molar-refractivity contribution is 9.11. The Balaban J connectivity index is 1.21. The van der Waals surface area contributed by atoms with Crippen LogP contribution in [-0.4, -0.2) is 21.8 Å². The first-order valence-corrected chi connectivity index (χ1v) is 16.0. The predicted octanol–water partition coefficient (Wildman–Crippen LogP) is 9.56. The zero-order chi connectivity index (χ0) is 32.9. The van der Waals surface area contributed by atoms with E-state index in [9.17, 15) is 14.9 Å². The number of amides is 1. The number of esters is 1. The Morgan fingerprint density at radius 2 is 1.34 bits per heavy atom. The van der Waals surface area contributed by atoms with Gasteiger partial charge in [0.15, 0.2) is 0 Å². The number of nitrogens with one attached hydrogen (secondary N) is 1. The number of nitriles is 1. The summed E-state index contributed by atoms with van der Waals surface area (Å²) in [4.78, 5) is 35.9. The third kappa shape index (κ3) is 7.20. The van der Waals surface area contributed by atoms with Crippen molar-refractivity contribution in [3.05, 3.63) is 146 Å². The van der Waals surface area contributed by atoms with Crippen molar-refractivity contribution in [3.8, 4) is 34.3 Å². The van der Waals surface area contributed by atoms with Gasteiger partial charge in [-0.2, -0.15) is 5.26 Å². The van der Waals surface area contributed by atoms with Gasteiger partial charge in [0.25, 0.3) is 5.91 Å². The average Bonchev–Trinajstić information content (AvgIpc) is 3.09. The lowest BCUT2D eigenvalue weighted by atomic mass is 10.0. The number of halogens is 2. The summed E-state index contributed by atoms with van der Waals surface area (Å²) < 4.78 is 7.02. The molecule has 0 aliphatic rings. The van der Waals surface area contributed by atoms with Crippen LogP contribution >= 0.6 is 31.9 Å². The molecule has 0 bridgehead atoms. The van der Waals surface area contributed by atoms with Crippen LogP contribution in [0.1, 0.15) is 21.5 Å². The molecule has 1 heterocycles. The molecule has 47 heavy (non-hydrogen) atoms. The lowest BCUT2D eigenvalue weighted by Gasteiger charge is -2.11. The number of aromatic nitrogens is 2. The molecule has 0 unspecified atom stereocenters. The number of benzene rings is 5. The molecule has 0 saturated heterocycles. The van der Waals surface area contributed by atoms with Gasteiger partial charge >= 0.3 is 5.97 Å². The zero-order valence-electron chi connectivity index (χ0n) is 24.9. The Kier molecular flexibility index (Phi) is 9.34. The number of anilines is 1. The van der Waals surface area contributed by atoms with Gasteiger partial charge in [-0.05, 0) is 98.5 Å². The summed E-state index contributed by atoms with van der Waals surface area (Å²) in [6, 6.07) is 37.0. The molecule has 0 atom stereocenters. The van der Waals surface area contributed by atoms with E-state index >= 15 is 0 Å². The van der Waals surface area contributed by atoms with Crippen molar-refractivity contribution >= 4 is 66.5 Å². The maximum absolute atomic E-state index is 13.2. The summed E-state index contributed by atoms with van der Waals surface area (Å²) in [7, 11) is 0. The van der Waals surface area contributed by atoms with Gasteiger partial charge in [0.1, 0.15) is 17.4 Å². The van der Waals surface area contributed by atoms with E-state index in [1.807, 2.05) is 85.8 Å². The minimum atomic E-state index is -0.559. The summed E-state index contributed by atoms with van der Waals surface area (Å²) in [6.45, 7) is 1.93. The van der Waals surface area contributed by atoms with E-state index in [0.29, 0.717) is 48.2 Å². The predicted molar refractivity (Wildman–Crippen MR) is 191 cm³/mol. The van der Waals surface area contributed by atoms with Gasteiger partial charge in [-0.3, -0.25) is 4.79 Å². The van der Waals surface area contributed by atoms with Crippen molar-refractivity contribution in [3.63, 3.8) is 0 Å². The smallest absolute Gasteiger partial charge is 0.343 e. The van der Waals surface area contributed by atoms with Crippen LogP contribution in [0.2, 0.25) is 0 Å². The largest absolute Gasteiger partial charge is 0.423 e. The molecule has 6 rings (SSSR count). The summed E-state index contributed by atoms with van der Waals surface area (Å²) in [5, 5.41) is 12.4. The molecular formula is C38H24Br2N4O3. The number of aryl methyl sites for hydroxylation is 1. The topological polar surface area (TPSA) is 105 Å². The number of carbonyl (C=O) groups is 2. The van der Waals surface area contributed by atoms with Crippen molar-refractivity contribution < 1.29 is 14.3 Å². The number of hydrogen-bond donors (Lipinski definition) is 1. The fourth-order valence-electron chi connectivity index (χ4n) is 4.89. The van der Waals surface area contributed by atoms with Crippen molar-refractivity contribution in [1.82, 2.24) is 9.97 Å². The molecule has 0 spiro atoms. The van der Waals surface area contributed by atoms with Crippen LogP contribution in [0.15, 0.2) is 130 Å². The minimum absolute atomic E-state index is 0.0864. The van der Waals surface area contributed by atoms with Crippen molar-refractivity contribution in [2.24, 2.45) is 0 Å². The van der Waals surface area contributed by atoms with Crippen LogP contribution < -0.4 is 10.1 Å². The molecule has 1 amide bonds. The van der Waals surface area contributed by atoms with Gasteiger partial charge in [0.2, 0.25) is 0 Å². The number of hydrogen-bond acceptors (Lipinski definition) is 6. The molecule has 0 fully saturated rings. The molecule has 6 aromatic rings. The van der Waals surface area contributed by atoms with Crippen LogP contribution in [0.25, 0.3) is 39.6 Å². The molecule has 1 N–H and O–H groups in total. The van der Waals surface area contributed by atoms with E-state index < -0.39 is 11.9 Å². The molecule has 5 aromatic carbocycles. The number of fused-ring (bicyclic) bond motifs is 1. The molecule has 0 aliphatic carbocycles.